The Morgan fingerprint density at radius 2 is 1.94 bits per heavy atom. The van der Waals surface area contributed by atoms with Crippen LogP contribution in [0.2, 0.25) is 5.02 Å². The summed E-state index contributed by atoms with van der Waals surface area (Å²) in [5.41, 5.74) is 0.412. The van der Waals surface area contributed by atoms with Gasteiger partial charge in [-0.3, -0.25) is 14.4 Å². The van der Waals surface area contributed by atoms with Gasteiger partial charge in [0.2, 0.25) is 11.8 Å². The Morgan fingerprint density at radius 1 is 1.12 bits per heavy atom. The Bertz CT molecular complexity index is 1210. The summed E-state index contributed by atoms with van der Waals surface area (Å²) in [7, 11) is 1.41. The van der Waals surface area contributed by atoms with E-state index in [-0.39, 0.29) is 41.1 Å². The quantitative estimate of drug-likeness (QED) is 0.387. The van der Waals surface area contributed by atoms with Gasteiger partial charge in [-0.05, 0) is 54.6 Å². The largest absolute Gasteiger partial charge is 0.495 e. The molecule has 0 bridgehead atoms. The molecule has 0 atom stereocenters. The third-order valence-corrected chi connectivity index (χ3v) is 4.74. The maximum atomic E-state index is 14.1. The van der Waals surface area contributed by atoms with Crippen LogP contribution >= 0.6 is 11.6 Å². The molecule has 3 aromatic rings. The van der Waals surface area contributed by atoms with Crippen molar-refractivity contribution in [3.05, 3.63) is 83.0 Å². The highest BCUT2D eigenvalue weighted by molar-refractivity contribution is 6.30. The van der Waals surface area contributed by atoms with Crippen molar-refractivity contribution in [3.63, 3.8) is 0 Å². The standard InChI is InChI=1S/C24H21ClFN3O5/c1-33-21-8-5-16(14-20(21)29-24(32)18-7-4-15(25)13-19(18)26)28-23(31)10-11-27-22(30)9-6-17-3-2-12-34-17/h2-9,12-14H,10-11H2,1H3,(H,27,30)(H,28,31)(H,29,32)/b9-6+. The van der Waals surface area contributed by atoms with Crippen molar-refractivity contribution in [1.29, 1.82) is 0 Å². The molecule has 0 saturated heterocycles. The average molecular weight is 486 g/mol. The zero-order valence-electron chi connectivity index (χ0n) is 18.1. The predicted molar refractivity (Wildman–Crippen MR) is 126 cm³/mol. The van der Waals surface area contributed by atoms with E-state index in [1.807, 2.05) is 0 Å². The van der Waals surface area contributed by atoms with E-state index in [0.29, 0.717) is 17.2 Å². The normalized spacial score (nSPS) is 10.7. The molecule has 0 fully saturated rings. The Morgan fingerprint density at radius 3 is 2.65 bits per heavy atom. The van der Waals surface area contributed by atoms with Gasteiger partial charge in [-0.2, -0.15) is 0 Å². The first-order valence-electron chi connectivity index (χ1n) is 10.1. The molecular formula is C24H21ClFN3O5. The summed E-state index contributed by atoms with van der Waals surface area (Å²) in [4.78, 5) is 36.5. The Hall–Kier alpha value is -4.11. The van der Waals surface area contributed by atoms with Gasteiger partial charge in [0.05, 0.1) is 24.6 Å². The summed E-state index contributed by atoms with van der Waals surface area (Å²) in [6.07, 6.45) is 4.33. The number of anilines is 2. The first-order chi connectivity index (χ1) is 16.4. The molecule has 10 heteroatoms. The summed E-state index contributed by atoms with van der Waals surface area (Å²) in [6, 6.07) is 11.7. The monoisotopic (exact) mass is 485 g/mol. The number of amides is 3. The zero-order valence-corrected chi connectivity index (χ0v) is 18.8. The highest BCUT2D eigenvalue weighted by Gasteiger charge is 2.15. The van der Waals surface area contributed by atoms with Crippen LogP contribution in [0.3, 0.4) is 0 Å². The molecule has 1 aromatic heterocycles. The van der Waals surface area contributed by atoms with Gasteiger partial charge in [0, 0.05) is 29.8 Å². The van der Waals surface area contributed by atoms with Crippen LogP contribution in [-0.4, -0.2) is 31.4 Å². The molecule has 8 nitrogen and oxygen atoms in total. The Labute approximate surface area is 199 Å². The van der Waals surface area contributed by atoms with Gasteiger partial charge < -0.3 is 25.1 Å². The van der Waals surface area contributed by atoms with Crippen molar-refractivity contribution in [1.82, 2.24) is 5.32 Å². The lowest BCUT2D eigenvalue weighted by molar-refractivity contribution is -0.117. The number of halogens is 2. The number of furan rings is 1. The third-order valence-electron chi connectivity index (χ3n) is 4.50. The number of carbonyl (C=O) groups is 3. The fourth-order valence-corrected chi connectivity index (χ4v) is 3.03. The number of ether oxygens (including phenoxy) is 1. The second-order valence-electron chi connectivity index (χ2n) is 6.93. The Kier molecular flexibility index (Phi) is 8.42. The number of hydrogen-bond acceptors (Lipinski definition) is 5. The summed E-state index contributed by atoms with van der Waals surface area (Å²) in [5.74, 6) is -1.35. The minimum atomic E-state index is -0.769. The van der Waals surface area contributed by atoms with Crippen LogP contribution in [0.4, 0.5) is 15.8 Å². The minimum absolute atomic E-state index is 0.0179. The summed E-state index contributed by atoms with van der Waals surface area (Å²) in [5, 5.41) is 8.00. The fraction of sp³-hybridized carbons (Fsp3) is 0.125. The second-order valence-corrected chi connectivity index (χ2v) is 7.37. The number of benzene rings is 2. The van der Waals surface area contributed by atoms with E-state index < -0.39 is 11.7 Å². The molecule has 34 heavy (non-hydrogen) atoms. The van der Waals surface area contributed by atoms with Gasteiger partial charge in [-0.1, -0.05) is 11.6 Å². The summed E-state index contributed by atoms with van der Waals surface area (Å²) >= 11 is 5.73. The number of rotatable bonds is 9. The van der Waals surface area contributed by atoms with Crippen molar-refractivity contribution < 1.29 is 27.9 Å². The van der Waals surface area contributed by atoms with Crippen LogP contribution in [0.5, 0.6) is 5.75 Å². The van der Waals surface area contributed by atoms with E-state index in [1.54, 1.807) is 24.3 Å². The highest BCUT2D eigenvalue weighted by Crippen LogP contribution is 2.29. The fourth-order valence-electron chi connectivity index (χ4n) is 2.87. The number of methoxy groups -OCH3 is 1. The van der Waals surface area contributed by atoms with Gasteiger partial charge in [-0.15, -0.1) is 0 Å². The van der Waals surface area contributed by atoms with Gasteiger partial charge >= 0.3 is 0 Å². The van der Waals surface area contributed by atoms with Gasteiger partial charge in [-0.25, -0.2) is 4.39 Å². The number of carbonyl (C=O) groups excluding carboxylic acids is 3. The molecular weight excluding hydrogens is 465 g/mol. The van der Waals surface area contributed by atoms with Crippen molar-refractivity contribution in [2.45, 2.75) is 6.42 Å². The van der Waals surface area contributed by atoms with E-state index in [0.717, 1.165) is 6.07 Å². The smallest absolute Gasteiger partial charge is 0.258 e. The molecule has 0 saturated carbocycles. The number of nitrogens with one attached hydrogen (secondary N) is 3. The van der Waals surface area contributed by atoms with E-state index in [4.69, 9.17) is 20.8 Å². The lowest BCUT2D eigenvalue weighted by atomic mass is 10.2. The molecule has 176 valence electrons. The maximum Gasteiger partial charge on any atom is 0.258 e. The average Bonchev–Trinajstić information content (AvgIpc) is 3.31. The minimum Gasteiger partial charge on any atom is -0.495 e. The molecule has 3 N–H and O–H groups in total. The molecule has 0 aliphatic heterocycles. The van der Waals surface area contributed by atoms with E-state index in [9.17, 15) is 18.8 Å². The molecule has 0 aliphatic carbocycles. The first-order valence-corrected chi connectivity index (χ1v) is 10.5. The van der Waals surface area contributed by atoms with Crippen LogP contribution in [0.25, 0.3) is 6.08 Å². The van der Waals surface area contributed by atoms with Crippen LogP contribution in [0.1, 0.15) is 22.5 Å². The lowest BCUT2D eigenvalue weighted by Crippen LogP contribution is -2.26. The van der Waals surface area contributed by atoms with E-state index in [2.05, 4.69) is 16.0 Å². The SMILES string of the molecule is COc1ccc(NC(=O)CCNC(=O)/C=C/c2ccco2)cc1NC(=O)c1ccc(Cl)cc1F. The van der Waals surface area contributed by atoms with Crippen LogP contribution in [0, 0.1) is 5.82 Å². The molecule has 1 heterocycles. The van der Waals surface area contributed by atoms with Gasteiger partial charge in [0.25, 0.3) is 5.91 Å². The summed E-state index contributed by atoms with van der Waals surface area (Å²) in [6.45, 7) is 0.114. The molecule has 0 radical (unpaired) electrons. The van der Waals surface area contributed by atoms with Crippen molar-refractivity contribution in [2.75, 3.05) is 24.3 Å². The molecule has 3 amide bonds. The van der Waals surface area contributed by atoms with E-state index >= 15 is 0 Å². The predicted octanol–water partition coefficient (Wildman–Crippen LogP) is 4.49. The lowest BCUT2D eigenvalue weighted by Gasteiger charge is -2.13. The third kappa shape index (κ3) is 6.94. The topological polar surface area (TPSA) is 110 Å². The highest BCUT2D eigenvalue weighted by atomic mass is 35.5. The van der Waals surface area contributed by atoms with E-state index in [1.165, 1.54) is 43.7 Å². The Balaban J connectivity index is 1.56. The van der Waals surface area contributed by atoms with Crippen LogP contribution in [0.15, 0.2) is 65.3 Å². The molecule has 0 unspecified atom stereocenters. The molecule has 0 aliphatic rings. The van der Waals surface area contributed by atoms with Gasteiger partial charge in [0.15, 0.2) is 0 Å². The van der Waals surface area contributed by atoms with Crippen LogP contribution in [-0.2, 0) is 9.59 Å². The van der Waals surface area contributed by atoms with Crippen molar-refractivity contribution in [2.24, 2.45) is 0 Å². The number of hydrogen-bond donors (Lipinski definition) is 3. The van der Waals surface area contributed by atoms with Crippen molar-refractivity contribution >= 4 is 46.8 Å². The molecule has 0 spiro atoms. The maximum absolute atomic E-state index is 14.1. The first kappa shape index (κ1) is 24.5. The molecule has 3 rings (SSSR count). The zero-order chi connectivity index (χ0) is 24.5. The van der Waals surface area contributed by atoms with Crippen LogP contribution < -0.4 is 20.7 Å². The van der Waals surface area contributed by atoms with Gasteiger partial charge in [0.1, 0.15) is 17.3 Å². The second kappa shape index (κ2) is 11.7. The molecule has 2 aromatic carbocycles. The summed E-state index contributed by atoms with van der Waals surface area (Å²) < 4.78 is 24.4. The van der Waals surface area contributed by atoms with Crippen molar-refractivity contribution in [3.8, 4) is 5.75 Å².